The average molecular weight is 191 g/mol. The number of rotatable bonds is 4. The summed E-state index contributed by atoms with van der Waals surface area (Å²) >= 11 is 0. The van der Waals surface area contributed by atoms with Crippen molar-refractivity contribution in [2.45, 2.75) is 13.0 Å². The molecule has 0 aliphatic carbocycles. The van der Waals surface area contributed by atoms with Gasteiger partial charge in [0.2, 0.25) is 0 Å². The Morgan fingerprint density at radius 2 is 2.21 bits per heavy atom. The molecule has 8 heteroatoms. The molecule has 0 amide bonds. The zero-order valence-electron chi connectivity index (χ0n) is 7.38. The van der Waals surface area contributed by atoms with Crippen LogP contribution in [0.3, 0.4) is 0 Å². The number of hydrogen-bond acceptors (Lipinski definition) is 4. The molecule has 0 spiro atoms. The van der Waals surface area contributed by atoms with E-state index in [2.05, 4.69) is 5.10 Å². The zero-order chi connectivity index (χ0) is 10.7. The Hall–Kier alpha value is -1.30. The van der Waals surface area contributed by atoms with Crippen LogP contribution in [-0.4, -0.2) is 42.1 Å². The van der Waals surface area contributed by atoms with Crippen LogP contribution in [0.4, 0.5) is 5.69 Å². The second kappa shape index (κ2) is 4.28. The minimum absolute atomic E-state index is 0.0347. The molecule has 1 aromatic heterocycles. The monoisotopic (exact) mass is 191 g/mol. The van der Waals surface area contributed by atoms with E-state index >= 15 is 0 Å². The van der Waals surface area contributed by atoms with Gasteiger partial charge in [-0.2, -0.15) is 5.10 Å². The summed E-state index contributed by atoms with van der Waals surface area (Å²) in [7, 11) is 10.7. The molecule has 0 fully saturated rings. The van der Waals surface area contributed by atoms with E-state index in [4.69, 9.17) is 20.8 Å². The fourth-order valence-electron chi connectivity index (χ4n) is 1.06. The maximum absolute atomic E-state index is 10.5. The van der Waals surface area contributed by atoms with Gasteiger partial charge in [-0.25, -0.2) is 0 Å². The number of hydrogen-bond donors (Lipinski definition) is 1. The van der Waals surface area contributed by atoms with Gasteiger partial charge in [-0.1, -0.05) is 0 Å². The van der Waals surface area contributed by atoms with Crippen LogP contribution >= 0.6 is 0 Å². The molecule has 0 bridgehead atoms. The summed E-state index contributed by atoms with van der Waals surface area (Å²) in [4.78, 5) is 9.80. The smallest absolute Gasteiger partial charge is 0.291 e. The van der Waals surface area contributed by atoms with E-state index < -0.39 is 4.92 Å². The van der Waals surface area contributed by atoms with Gasteiger partial charge in [-0.15, -0.1) is 0 Å². The first-order valence-electron chi connectivity index (χ1n) is 3.95. The highest BCUT2D eigenvalue weighted by Crippen LogP contribution is 2.00. The van der Waals surface area contributed by atoms with Crippen molar-refractivity contribution in [1.82, 2.24) is 9.78 Å². The molecule has 0 unspecified atom stereocenters. The van der Waals surface area contributed by atoms with E-state index in [1.165, 1.54) is 4.68 Å². The molecule has 6 nitrogen and oxygen atoms in total. The van der Waals surface area contributed by atoms with Gasteiger partial charge in [0.05, 0.1) is 16.1 Å². The molecular weight excluding hydrogens is 184 g/mol. The largest absolute Gasteiger partial charge is 0.396 e. The summed E-state index contributed by atoms with van der Waals surface area (Å²) in [6.45, 7) is 0.271. The number of aryl methyl sites for hydroxylation is 1. The van der Waals surface area contributed by atoms with Gasteiger partial charge in [-0.05, 0) is 6.42 Å². The Labute approximate surface area is 82.9 Å². The van der Waals surface area contributed by atoms with E-state index in [9.17, 15) is 10.1 Å². The highest BCUT2D eigenvalue weighted by atomic mass is 16.6. The fraction of sp³-hybridized carbons (Fsp3) is 0.500. The molecule has 1 rings (SSSR count). The number of nitro groups is 1. The van der Waals surface area contributed by atoms with Crippen molar-refractivity contribution in [3.8, 4) is 0 Å². The van der Waals surface area contributed by atoms with Crippen LogP contribution in [-0.2, 0) is 6.54 Å². The lowest BCUT2D eigenvalue weighted by Crippen LogP contribution is -2.21. The molecule has 0 aromatic carbocycles. The topological polar surface area (TPSA) is 81.2 Å². The van der Waals surface area contributed by atoms with Gasteiger partial charge < -0.3 is 5.11 Å². The Morgan fingerprint density at radius 3 is 2.64 bits per heavy atom. The van der Waals surface area contributed by atoms with Crippen molar-refractivity contribution >= 4 is 32.6 Å². The van der Waals surface area contributed by atoms with Crippen molar-refractivity contribution in [2.24, 2.45) is 0 Å². The SMILES string of the molecule is [B]c1nn(CCCO)c([B])c1[N+](=O)[O-]. The summed E-state index contributed by atoms with van der Waals surface area (Å²) in [5.74, 6) is 0. The maximum Gasteiger partial charge on any atom is 0.291 e. The molecule has 0 saturated heterocycles. The molecule has 4 radical (unpaired) electrons. The third kappa shape index (κ3) is 1.95. The minimum atomic E-state index is -0.673. The third-order valence-corrected chi connectivity index (χ3v) is 1.70. The van der Waals surface area contributed by atoms with Crippen molar-refractivity contribution in [3.05, 3.63) is 10.1 Å². The Morgan fingerprint density at radius 1 is 1.57 bits per heavy atom. The summed E-state index contributed by atoms with van der Waals surface area (Å²) in [5.41, 5.74) is -0.658. The maximum atomic E-state index is 10.5. The summed E-state index contributed by atoms with van der Waals surface area (Å²) in [6.07, 6.45) is 0.419. The van der Waals surface area contributed by atoms with Crippen LogP contribution < -0.4 is 11.2 Å². The van der Waals surface area contributed by atoms with Gasteiger partial charge >= 0.3 is 0 Å². The molecule has 1 N–H and O–H groups in total. The first-order valence-corrected chi connectivity index (χ1v) is 3.95. The van der Waals surface area contributed by atoms with E-state index in [1.54, 1.807) is 0 Å². The van der Waals surface area contributed by atoms with Gasteiger partial charge in [0.25, 0.3) is 5.69 Å². The van der Waals surface area contributed by atoms with Crippen molar-refractivity contribution in [3.63, 3.8) is 0 Å². The van der Waals surface area contributed by atoms with E-state index in [-0.39, 0.29) is 23.5 Å². The summed E-state index contributed by atoms with van der Waals surface area (Å²) < 4.78 is 1.21. The van der Waals surface area contributed by atoms with Crippen LogP contribution in [0.1, 0.15) is 6.42 Å². The standard InChI is InChI=1S/C6H7B2N3O3/c7-5-4(11(13)14)6(8)10(9-5)2-1-3-12/h12H,1-3H2. The lowest BCUT2D eigenvalue weighted by Gasteiger charge is -2.00. The Bertz CT molecular complexity index is 352. The lowest BCUT2D eigenvalue weighted by atomic mass is 9.95. The van der Waals surface area contributed by atoms with Gasteiger partial charge in [-0.3, -0.25) is 14.8 Å². The van der Waals surface area contributed by atoms with E-state index in [0.29, 0.717) is 13.0 Å². The minimum Gasteiger partial charge on any atom is -0.396 e. The van der Waals surface area contributed by atoms with Crippen LogP contribution in [0.5, 0.6) is 0 Å². The quantitative estimate of drug-likeness (QED) is 0.331. The van der Waals surface area contributed by atoms with Gasteiger partial charge in [0, 0.05) is 13.2 Å². The predicted octanol–water partition coefficient (Wildman–Crippen LogP) is -2.24. The first-order chi connectivity index (χ1) is 6.57. The Balaban J connectivity index is 2.98. The first kappa shape index (κ1) is 10.8. The van der Waals surface area contributed by atoms with Crippen molar-refractivity contribution in [2.75, 3.05) is 6.61 Å². The van der Waals surface area contributed by atoms with Crippen molar-refractivity contribution < 1.29 is 10.0 Å². The molecule has 1 aromatic rings. The highest BCUT2D eigenvalue weighted by molar-refractivity contribution is 6.41. The molecule has 0 atom stereocenters. The highest BCUT2D eigenvalue weighted by Gasteiger charge is 2.19. The molecule has 1 heterocycles. The number of aliphatic hydroxyl groups excluding tert-OH is 1. The molecular formula is C6H7B2N3O3. The van der Waals surface area contributed by atoms with Crippen LogP contribution in [0, 0.1) is 10.1 Å². The second-order valence-corrected chi connectivity index (χ2v) is 2.68. The van der Waals surface area contributed by atoms with Gasteiger partial charge in [0.1, 0.15) is 0 Å². The molecule has 70 valence electrons. The fourth-order valence-corrected chi connectivity index (χ4v) is 1.06. The predicted molar refractivity (Wildman–Crippen MR) is 51.4 cm³/mol. The average Bonchev–Trinajstić information content (AvgIpc) is 2.38. The van der Waals surface area contributed by atoms with Gasteiger partial charge in [0.15, 0.2) is 15.7 Å². The normalized spacial score (nSPS) is 10.4. The second-order valence-electron chi connectivity index (χ2n) is 2.68. The molecule has 14 heavy (non-hydrogen) atoms. The molecule has 0 aliphatic heterocycles. The lowest BCUT2D eigenvalue weighted by molar-refractivity contribution is -0.382. The molecule has 0 aliphatic rings. The van der Waals surface area contributed by atoms with Crippen LogP contribution in [0.2, 0.25) is 0 Å². The summed E-state index contributed by atoms with van der Waals surface area (Å²) in [5, 5.41) is 22.7. The van der Waals surface area contributed by atoms with Crippen LogP contribution in [0.25, 0.3) is 0 Å². The number of aliphatic hydroxyl groups is 1. The molecule has 0 saturated carbocycles. The zero-order valence-corrected chi connectivity index (χ0v) is 7.38. The van der Waals surface area contributed by atoms with Crippen molar-refractivity contribution in [1.29, 1.82) is 0 Å². The van der Waals surface area contributed by atoms with E-state index in [0.717, 1.165) is 0 Å². The summed E-state index contributed by atoms with van der Waals surface area (Å²) in [6, 6.07) is 0. The number of nitrogens with zero attached hydrogens (tertiary/aromatic N) is 3. The Kier molecular flexibility index (Phi) is 3.29. The third-order valence-electron chi connectivity index (χ3n) is 1.70. The number of aromatic nitrogens is 2. The van der Waals surface area contributed by atoms with E-state index in [1.807, 2.05) is 0 Å². The van der Waals surface area contributed by atoms with Crippen LogP contribution in [0.15, 0.2) is 0 Å².